The maximum atomic E-state index is 13.7. The molecule has 0 aliphatic carbocycles. The second-order valence-electron chi connectivity index (χ2n) is 8.17. The lowest BCUT2D eigenvalue weighted by Crippen LogP contribution is -2.45. The number of aromatic nitrogens is 1. The minimum atomic E-state index is -0.249. The maximum absolute atomic E-state index is 13.7. The summed E-state index contributed by atoms with van der Waals surface area (Å²) in [5.41, 5.74) is 2.82. The van der Waals surface area contributed by atoms with Gasteiger partial charge in [-0.3, -0.25) is 9.59 Å². The number of H-pyrrole nitrogens is 1. The van der Waals surface area contributed by atoms with Crippen molar-refractivity contribution in [3.63, 3.8) is 0 Å². The average Bonchev–Trinajstić information content (AvgIpc) is 3.22. The smallest absolute Gasteiger partial charge is 0.224 e. The van der Waals surface area contributed by atoms with Crippen LogP contribution in [-0.2, 0) is 22.4 Å². The fraction of sp³-hybridized carbons (Fsp3) is 0.360. The van der Waals surface area contributed by atoms with Crippen molar-refractivity contribution in [2.45, 2.75) is 32.1 Å². The van der Waals surface area contributed by atoms with Crippen LogP contribution in [0.2, 0.25) is 0 Å². The highest BCUT2D eigenvalue weighted by Gasteiger charge is 2.28. The largest absolute Gasteiger partial charge is 0.361 e. The molecule has 6 heteroatoms. The zero-order valence-electron chi connectivity index (χ0n) is 17.6. The van der Waals surface area contributed by atoms with Gasteiger partial charge in [-0.2, -0.15) is 0 Å². The van der Waals surface area contributed by atoms with Crippen LogP contribution in [0.15, 0.2) is 54.7 Å². The van der Waals surface area contributed by atoms with Gasteiger partial charge in [-0.25, -0.2) is 4.39 Å². The van der Waals surface area contributed by atoms with E-state index in [-0.39, 0.29) is 23.5 Å². The van der Waals surface area contributed by atoms with Gasteiger partial charge in [0.15, 0.2) is 0 Å². The second-order valence-corrected chi connectivity index (χ2v) is 8.17. The number of rotatable bonds is 7. The molecule has 1 aromatic heterocycles. The number of likely N-dealkylation sites (tertiary alicyclic amines) is 1. The third-order valence-electron chi connectivity index (χ3n) is 6.08. The Bertz CT molecular complexity index is 1060. The Hall–Kier alpha value is -3.15. The zero-order chi connectivity index (χ0) is 21.6. The van der Waals surface area contributed by atoms with Gasteiger partial charge in [0, 0.05) is 43.2 Å². The molecule has 5 nitrogen and oxygen atoms in total. The van der Waals surface area contributed by atoms with Crippen molar-refractivity contribution in [2.24, 2.45) is 5.92 Å². The first kappa shape index (κ1) is 21.1. The number of para-hydroxylation sites is 1. The summed E-state index contributed by atoms with van der Waals surface area (Å²) >= 11 is 0. The van der Waals surface area contributed by atoms with Gasteiger partial charge in [-0.1, -0.05) is 36.4 Å². The standard InChI is InChI=1S/C25H28FN3O2/c26-22-9-3-1-6-18(22)13-14-27-25(31)20-7-5-15-29(17-20)24(30)12-11-19-16-28-23-10-4-2-8-21(19)23/h1-4,6,8-10,16,20,28H,5,7,11-15,17H2,(H,27,31)/t20-/m1/s1. The number of aryl methyl sites for hydroxylation is 1. The van der Waals surface area contributed by atoms with Crippen molar-refractivity contribution in [3.8, 4) is 0 Å². The lowest BCUT2D eigenvalue weighted by Gasteiger charge is -2.32. The van der Waals surface area contributed by atoms with Crippen LogP contribution >= 0.6 is 0 Å². The molecular weight excluding hydrogens is 393 g/mol. The van der Waals surface area contributed by atoms with Crippen LogP contribution in [0.3, 0.4) is 0 Å². The molecule has 1 atom stereocenters. The Morgan fingerprint density at radius 1 is 1.06 bits per heavy atom. The van der Waals surface area contributed by atoms with E-state index in [4.69, 9.17) is 0 Å². The summed E-state index contributed by atoms with van der Waals surface area (Å²) in [5.74, 6) is -0.410. The topological polar surface area (TPSA) is 65.2 Å². The molecule has 1 aliphatic heterocycles. The lowest BCUT2D eigenvalue weighted by molar-refractivity contribution is -0.135. The highest BCUT2D eigenvalue weighted by atomic mass is 19.1. The molecule has 0 saturated carbocycles. The monoisotopic (exact) mass is 421 g/mol. The van der Waals surface area contributed by atoms with Gasteiger partial charge in [0.05, 0.1) is 5.92 Å². The molecular formula is C25H28FN3O2. The summed E-state index contributed by atoms with van der Waals surface area (Å²) < 4.78 is 13.7. The molecule has 0 unspecified atom stereocenters. The Balaban J connectivity index is 1.26. The molecule has 2 aromatic carbocycles. The molecule has 1 saturated heterocycles. The van der Waals surface area contributed by atoms with Crippen molar-refractivity contribution in [3.05, 3.63) is 71.7 Å². The van der Waals surface area contributed by atoms with Crippen molar-refractivity contribution in [1.82, 2.24) is 15.2 Å². The van der Waals surface area contributed by atoms with Crippen molar-refractivity contribution in [1.29, 1.82) is 0 Å². The Morgan fingerprint density at radius 2 is 1.87 bits per heavy atom. The third kappa shape index (κ3) is 5.13. The van der Waals surface area contributed by atoms with E-state index in [1.165, 1.54) is 6.07 Å². The SMILES string of the molecule is O=C(NCCc1ccccc1F)[C@@H]1CCCN(C(=O)CCc2c[nH]c3ccccc23)C1. The molecule has 31 heavy (non-hydrogen) atoms. The minimum Gasteiger partial charge on any atom is -0.361 e. The van der Waals surface area contributed by atoms with Crippen LogP contribution in [0.4, 0.5) is 4.39 Å². The molecule has 2 heterocycles. The van der Waals surface area contributed by atoms with Crippen LogP contribution in [0, 0.1) is 11.7 Å². The number of piperidine rings is 1. The van der Waals surface area contributed by atoms with Gasteiger partial charge >= 0.3 is 0 Å². The molecule has 1 fully saturated rings. The summed E-state index contributed by atoms with van der Waals surface area (Å²) in [6.07, 6.45) is 5.14. The molecule has 0 radical (unpaired) electrons. The quantitative estimate of drug-likeness (QED) is 0.609. The fourth-order valence-corrected chi connectivity index (χ4v) is 4.32. The van der Waals surface area contributed by atoms with Crippen LogP contribution in [0.5, 0.6) is 0 Å². The van der Waals surface area contributed by atoms with Crippen LogP contribution in [0.1, 0.15) is 30.4 Å². The highest BCUT2D eigenvalue weighted by molar-refractivity contribution is 5.84. The summed E-state index contributed by atoms with van der Waals surface area (Å²) in [6.45, 7) is 1.55. The van der Waals surface area contributed by atoms with Crippen molar-refractivity contribution in [2.75, 3.05) is 19.6 Å². The average molecular weight is 422 g/mol. The van der Waals surface area contributed by atoms with E-state index >= 15 is 0 Å². The normalized spacial score (nSPS) is 16.4. The molecule has 2 N–H and O–H groups in total. The van der Waals surface area contributed by atoms with Crippen molar-refractivity contribution < 1.29 is 14.0 Å². The zero-order valence-corrected chi connectivity index (χ0v) is 17.6. The number of benzene rings is 2. The van der Waals surface area contributed by atoms with Crippen LogP contribution < -0.4 is 5.32 Å². The summed E-state index contributed by atoms with van der Waals surface area (Å²) in [5, 5.41) is 4.07. The molecule has 0 bridgehead atoms. The first-order chi connectivity index (χ1) is 15.1. The number of fused-ring (bicyclic) bond motifs is 1. The van der Waals surface area contributed by atoms with Crippen molar-refractivity contribution >= 4 is 22.7 Å². The molecule has 4 rings (SSSR count). The van der Waals surface area contributed by atoms with E-state index in [9.17, 15) is 14.0 Å². The maximum Gasteiger partial charge on any atom is 0.224 e. The molecule has 3 aromatic rings. The van der Waals surface area contributed by atoms with Crippen LogP contribution in [-0.4, -0.2) is 41.3 Å². The first-order valence-electron chi connectivity index (χ1n) is 11.0. The highest BCUT2D eigenvalue weighted by Crippen LogP contribution is 2.21. The van der Waals surface area contributed by atoms with Crippen LogP contribution in [0.25, 0.3) is 10.9 Å². The first-order valence-corrected chi connectivity index (χ1v) is 11.0. The molecule has 2 amide bonds. The number of amides is 2. The molecule has 0 spiro atoms. The van der Waals surface area contributed by atoms with E-state index in [0.717, 1.165) is 29.3 Å². The predicted octanol–water partition coefficient (Wildman–Crippen LogP) is 3.84. The van der Waals surface area contributed by atoms with E-state index in [1.807, 2.05) is 29.3 Å². The summed E-state index contributed by atoms with van der Waals surface area (Å²) in [4.78, 5) is 30.4. The van der Waals surface area contributed by atoms with E-state index in [0.29, 0.717) is 44.5 Å². The lowest BCUT2D eigenvalue weighted by atomic mass is 9.96. The number of halogens is 1. The number of nitrogens with zero attached hydrogens (tertiary/aromatic N) is 1. The van der Waals surface area contributed by atoms with Gasteiger partial charge in [0.1, 0.15) is 5.82 Å². The second kappa shape index (κ2) is 9.77. The fourth-order valence-electron chi connectivity index (χ4n) is 4.32. The number of carbonyl (C=O) groups excluding carboxylic acids is 2. The number of hydrogen-bond donors (Lipinski definition) is 2. The summed E-state index contributed by atoms with van der Waals surface area (Å²) in [6, 6.07) is 14.7. The predicted molar refractivity (Wildman–Crippen MR) is 119 cm³/mol. The third-order valence-corrected chi connectivity index (χ3v) is 6.08. The minimum absolute atomic E-state index is 0.0505. The number of carbonyl (C=O) groups is 2. The Kier molecular flexibility index (Phi) is 6.65. The van der Waals surface area contributed by atoms with E-state index in [1.54, 1.807) is 18.2 Å². The van der Waals surface area contributed by atoms with E-state index in [2.05, 4.69) is 16.4 Å². The molecule has 162 valence electrons. The van der Waals surface area contributed by atoms with Gasteiger partial charge in [-0.05, 0) is 48.9 Å². The molecule has 1 aliphatic rings. The number of hydrogen-bond acceptors (Lipinski definition) is 2. The van der Waals surface area contributed by atoms with Gasteiger partial charge in [-0.15, -0.1) is 0 Å². The Morgan fingerprint density at radius 3 is 2.74 bits per heavy atom. The number of aromatic amines is 1. The summed E-state index contributed by atoms with van der Waals surface area (Å²) in [7, 11) is 0. The van der Waals surface area contributed by atoms with Gasteiger partial charge in [0.2, 0.25) is 11.8 Å². The number of nitrogens with one attached hydrogen (secondary N) is 2. The van der Waals surface area contributed by atoms with Gasteiger partial charge in [0.25, 0.3) is 0 Å². The Labute approximate surface area is 181 Å². The van der Waals surface area contributed by atoms with E-state index < -0.39 is 0 Å². The van der Waals surface area contributed by atoms with Gasteiger partial charge < -0.3 is 15.2 Å².